The van der Waals surface area contributed by atoms with Crippen LogP contribution in [0.5, 0.6) is 0 Å². The number of piperidine rings is 1. The molecule has 0 bridgehead atoms. The quantitative estimate of drug-likeness (QED) is 0.740. The fourth-order valence-corrected chi connectivity index (χ4v) is 5.29. The van der Waals surface area contributed by atoms with Gasteiger partial charge in [0.2, 0.25) is 15.9 Å². The van der Waals surface area contributed by atoms with Crippen molar-refractivity contribution in [3.8, 4) is 0 Å². The van der Waals surface area contributed by atoms with Crippen LogP contribution in [0.1, 0.15) is 28.8 Å². The number of carbonyl (C=O) groups excluding carboxylic acids is 2. The molecule has 2 fully saturated rings. The first-order valence-electron chi connectivity index (χ1n) is 9.04. The van der Waals surface area contributed by atoms with Gasteiger partial charge in [-0.2, -0.15) is 4.31 Å². The molecule has 2 aliphatic rings. The van der Waals surface area contributed by atoms with Crippen LogP contribution in [0, 0.1) is 6.92 Å². The van der Waals surface area contributed by atoms with Crippen molar-refractivity contribution in [1.29, 1.82) is 0 Å². The van der Waals surface area contributed by atoms with Crippen molar-refractivity contribution in [2.75, 3.05) is 39.8 Å². The van der Waals surface area contributed by atoms with Gasteiger partial charge in [0.1, 0.15) is 0 Å². The Kier molecular flexibility index (Phi) is 5.83. The van der Waals surface area contributed by atoms with Gasteiger partial charge in [0.05, 0.1) is 24.1 Å². The number of carbonyl (C=O) groups is 2. The zero-order valence-corrected chi connectivity index (χ0v) is 16.4. The van der Waals surface area contributed by atoms with Gasteiger partial charge >= 0.3 is 5.97 Å². The summed E-state index contributed by atoms with van der Waals surface area (Å²) in [5.74, 6) is -0.476. The van der Waals surface area contributed by atoms with Gasteiger partial charge in [-0.25, -0.2) is 13.2 Å². The van der Waals surface area contributed by atoms with E-state index in [1.54, 1.807) is 11.8 Å². The lowest BCUT2D eigenvalue weighted by Gasteiger charge is -2.40. The molecule has 0 aromatic heterocycles. The van der Waals surface area contributed by atoms with E-state index in [0.717, 1.165) is 13.0 Å². The highest BCUT2D eigenvalue weighted by Crippen LogP contribution is 2.25. The predicted molar refractivity (Wildman–Crippen MR) is 98.9 cm³/mol. The Hall–Kier alpha value is -1.97. The number of benzene rings is 1. The Morgan fingerprint density at radius 2 is 2.07 bits per heavy atom. The molecule has 1 amide bonds. The van der Waals surface area contributed by atoms with Crippen LogP contribution in [0.25, 0.3) is 0 Å². The molecule has 2 heterocycles. The summed E-state index contributed by atoms with van der Waals surface area (Å²) in [5, 5.41) is 3.04. The Balaban J connectivity index is 1.81. The van der Waals surface area contributed by atoms with E-state index in [-0.39, 0.29) is 16.8 Å². The second kappa shape index (κ2) is 7.95. The SMILES string of the molecule is COC(=O)c1ccc(S(=O)(=O)N2CCCC(N3CCNCC3=O)C2)cc1C. The fourth-order valence-electron chi connectivity index (χ4n) is 3.69. The van der Waals surface area contributed by atoms with Crippen molar-refractivity contribution < 1.29 is 22.7 Å². The number of sulfonamides is 1. The van der Waals surface area contributed by atoms with Crippen molar-refractivity contribution in [3.05, 3.63) is 29.3 Å². The van der Waals surface area contributed by atoms with E-state index in [9.17, 15) is 18.0 Å². The summed E-state index contributed by atoms with van der Waals surface area (Å²) in [6, 6.07) is 4.32. The number of piperazine rings is 1. The zero-order valence-electron chi connectivity index (χ0n) is 15.6. The van der Waals surface area contributed by atoms with Gasteiger partial charge in [-0.15, -0.1) is 0 Å². The van der Waals surface area contributed by atoms with Crippen LogP contribution in [0.4, 0.5) is 0 Å². The molecule has 1 atom stereocenters. The Morgan fingerprint density at radius 3 is 2.74 bits per heavy atom. The molecule has 3 rings (SSSR count). The molecular formula is C18H25N3O5S. The summed E-state index contributed by atoms with van der Waals surface area (Å²) < 4.78 is 32.3. The molecular weight excluding hydrogens is 370 g/mol. The van der Waals surface area contributed by atoms with Crippen LogP contribution in [-0.4, -0.2) is 75.4 Å². The fraction of sp³-hybridized carbons (Fsp3) is 0.556. The van der Waals surface area contributed by atoms with E-state index in [0.29, 0.717) is 43.7 Å². The van der Waals surface area contributed by atoms with Crippen LogP contribution in [-0.2, 0) is 19.6 Å². The topological polar surface area (TPSA) is 96.0 Å². The summed E-state index contributed by atoms with van der Waals surface area (Å²) in [7, 11) is -2.41. The molecule has 1 aromatic rings. The second-order valence-corrected chi connectivity index (χ2v) is 8.83. The lowest BCUT2D eigenvalue weighted by Crippen LogP contribution is -2.57. The van der Waals surface area contributed by atoms with Crippen molar-refractivity contribution in [2.24, 2.45) is 0 Å². The summed E-state index contributed by atoms with van der Waals surface area (Å²) in [4.78, 5) is 25.8. The minimum absolute atomic E-state index is 0.0174. The number of hydrogen-bond acceptors (Lipinski definition) is 6. The van der Waals surface area contributed by atoms with E-state index < -0.39 is 16.0 Å². The van der Waals surface area contributed by atoms with Gasteiger partial charge in [0.15, 0.2) is 0 Å². The maximum absolute atomic E-state index is 13.1. The third-order valence-corrected chi connectivity index (χ3v) is 7.03. The largest absolute Gasteiger partial charge is 0.465 e. The number of hydrogen-bond donors (Lipinski definition) is 1. The molecule has 148 valence electrons. The predicted octanol–water partition coefficient (Wildman–Crippen LogP) is 0.367. The number of amides is 1. The number of methoxy groups -OCH3 is 1. The number of nitrogens with zero attached hydrogens (tertiary/aromatic N) is 2. The highest BCUT2D eigenvalue weighted by Gasteiger charge is 2.35. The zero-order chi connectivity index (χ0) is 19.6. The molecule has 0 aliphatic carbocycles. The van der Waals surface area contributed by atoms with Crippen LogP contribution in [0.3, 0.4) is 0 Å². The number of nitrogens with one attached hydrogen (secondary N) is 1. The van der Waals surface area contributed by atoms with E-state index in [4.69, 9.17) is 4.74 Å². The molecule has 2 saturated heterocycles. The van der Waals surface area contributed by atoms with Gasteiger partial charge in [0.25, 0.3) is 0 Å². The molecule has 0 saturated carbocycles. The summed E-state index contributed by atoms with van der Waals surface area (Å²) in [6.07, 6.45) is 1.51. The summed E-state index contributed by atoms with van der Waals surface area (Å²) in [6.45, 7) is 4.04. The highest BCUT2D eigenvalue weighted by atomic mass is 32.2. The first-order chi connectivity index (χ1) is 12.8. The van der Waals surface area contributed by atoms with Crippen LogP contribution < -0.4 is 5.32 Å². The maximum Gasteiger partial charge on any atom is 0.338 e. The van der Waals surface area contributed by atoms with Crippen molar-refractivity contribution in [3.63, 3.8) is 0 Å². The maximum atomic E-state index is 13.1. The number of esters is 1. The molecule has 1 aromatic carbocycles. The molecule has 0 spiro atoms. The minimum atomic E-state index is -3.70. The third-order valence-electron chi connectivity index (χ3n) is 5.17. The van der Waals surface area contributed by atoms with Crippen molar-refractivity contribution in [2.45, 2.75) is 30.7 Å². The average Bonchev–Trinajstić information content (AvgIpc) is 2.67. The normalized spacial score (nSPS) is 21.9. The molecule has 1 N–H and O–H groups in total. The number of aryl methyl sites for hydroxylation is 1. The number of ether oxygens (including phenoxy) is 1. The first kappa shape index (κ1) is 19.8. The minimum Gasteiger partial charge on any atom is -0.465 e. The Bertz CT molecular complexity index is 839. The van der Waals surface area contributed by atoms with E-state index in [1.165, 1.54) is 29.6 Å². The average molecular weight is 395 g/mol. The van der Waals surface area contributed by atoms with E-state index in [1.807, 2.05) is 0 Å². The highest BCUT2D eigenvalue weighted by molar-refractivity contribution is 7.89. The lowest BCUT2D eigenvalue weighted by molar-refractivity contribution is -0.135. The van der Waals surface area contributed by atoms with Crippen LogP contribution >= 0.6 is 0 Å². The molecule has 8 nitrogen and oxygen atoms in total. The molecule has 9 heteroatoms. The van der Waals surface area contributed by atoms with Gasteiger partial charge < -0.3 is 15.0 Å². The number of rotatable bonds is 4. The van der Waals surface area contributed by atoms with E-state index in [2.05, 4.69) is 5.32 Å². The van der Waals surface area contributed by atoms with Gasteiger partial charge in [-0.05, 0) is 43.5 Å². The van der Waals surface area contributed by atoms with Gasteiger partial charge in [0, 0.05) is 32.2 Å². The van der Waals surface area contributed by atoms with Crippen LogP contribution in [0.15, 0.2) is 23.1 Å². The standard InChI is InChI=1S/C18H25N3O5S/c1-13-10-15(5-6-16(13)18(23)26-2)27(24,25)20-8-3-4-14(12-20)21-9-7-19-11-17(21)22/h5-6,10,14,19H,3-4,7-9,11-12H2,1-2H3. The van der Waals surface area contributed by atoms with Crippen molar-refractivity contribution in [1.82, 2.24) is 14.5 Å². The molecule has 27 heavy (non-hydrogen) atoms. The monoisotopic (exact) mass is 395 g/mol. The Morgan fingerprint density at radius 1 is 1.30 bits per heavy atom. The Labute approximate surface area is 159 Å². The second-order valence-electron chi connectivity index (χ2n) is 6.89. The molecule has 0 radical (unpaired) electrons. The lowest BCUT2D eigenvalue weighted by atomic mass is 10.1. The van der Waals surface area contributed by atoms with Gasteiger partial charge in [-0.3, -0.25) is 4.79 Å². The third kappa shape index (κ3) is 3.99. The van der Waals surface area contributed by atoms with Gasteiger partial charge in [-0.1, -0.05) is 0 Å². The van der Waals surface area contributed by atoms with Crippen molar-refractivity contribution >= 4 is 21.9 Å². The van der Waals surface area contributed by atoms with E-state index >= 15 is 0 Å². The van der Waals surface area contributed by atoms with Crippen LogP contribution in [0.2, 0.25) is 0 Å². The first-order valence-corrected chi connectivity index (χ1v) is 10.5. The summed E-state index contributed by atoms with van der Waals surface area (Å²) >= 11 is 0. The smallest absolute Gasteiger partial charge is 0.338 e. The summed E-state index contributed by atoms with van der Waals surface area (Å²) in [5.41, 5.74) is 0.896. The molecule has 1 unspecified atom stereocenters. The molecule has 2 aliphatic heterocycles.